The standard InChI is InChI=1S/C30H23F2N3O/c1-19(20-5-3-2-4-6-20)18-33-30(36)23-11-16-26-27(17-23)35-29(22-9-14-25(32)15-10-22)28(34-26)21-7-12-24(31)13-8-21/h2-17,19H,18H2,1H3,(H,33,36). The Bertz CT molecular complexity index is 1520. The fourth-order valence-corrected chi connectivity index (χ4v) is 4.06. The molecule has 0 radical (unpaired) electrons. The van der Waals surface area contributed by atoms with Gasteiger partial charge in [0.25, 0.3) is 5.91 Å². The molecule has 0 bridgehead atoms. The lowest BCUT2D eigenvalue weighted by molar-refractivity contribution is 0.0951. The van der Waals surface area contributed by atoms with Crippen molar-refractivity contribution in [2.75, 3.05) is 6.54 Å². The van der Waals surface area contributed by atoms with Gasteiger partial charge in [-0.05, 0) is 78.2 Å². The predicted octanol–water partition coefficient (Wildman–Crippen LogP) is 6.78. The maximum Gasteiger partial charge on any atom is 0.251 e. The fraction of sp³-hybridized carbons (Fsp3) is 0.100. The van der Waals surface area contributed by atoms with Crippen molar-refractivity contribution in [3.8, 4) is 22.5 Å². The molecule has 0 saturated carbocycles. The maximum absolute atomic E-state index is 13.6. The highest BCUT2D eigenvalue weighted by Crippen LogP contribution is 2.31. The van der Waals surface area contributed by atoms with Crippen LogP contribution < -0.4 is 5.32 Å². The number of nitrogens with zero attached hydrogens (tertiary/aromatic N) is 2. The Morgan fingerprint density at radius 3 is 1.89 bits per heavy atom. The fourth-order valence-electron chi connectivity index (χ4n) is 4.06. The van der Waals surface area contributed by atoms with Crippen molar-refractivity contribution in [1.29, 1.82) is 0 Å². The van der Waals surface area contributed by atoms with Crippen LogP contribution in [0, 0.1) is 11.6 Å². The van der Waals surface area contributed by atoms with Crippen LogP contribution in [0.4, 0.5) is 8.78 Å². The normalized spacial score (nSPS) is 11.9. The molecule has 1 atom stereocenters. The third kappa shape index (κ3) is 4.98. The van der Waals surface area contributed by atoms with Gasteiger partial charge < -0.3 is 5.32 Å². The molecule has 1 amide bonds. The highest BCUT2D eigenvalue weighted by atomic mass is 19.1. The number of halogens is 2. The summed E-state index contributed by atoms with van der Waals surface area (Å²) < 4.78 is 27.1. The van der Waals surface area contributed by atoms with Crippen molar-refractivity contribution in [2.45, 2.75) is 12.8 Å². The molecule has 1 unspecified atom stereocenters. The molecule has 0 aliphatic carbocycles. The van der Waals surface area contributed by atoms with Crippen LogP contribution in [-0.4, -0.2) is 22.4 Å². The smallest absolute Gasteiger partial charge is 0.251 e. The van der Waals surface area contributed by atoms with E-state index in [1.54, 1.807) is 42.5 Å². The first-order valence-corrected chi connectivity index (χ1v) is 11.6. The number of carbonyl (C=O) groups excluding carboxylic acids is 1. The minimum atomic E-state index is -0.362. The molecular weight excluding hydrogens is 456 g/mol. The Labute approximate surface area is 207 Å². The van der Waals surface area contributed by atoms with Crippen molar-refractivity contribution >= 4 is 16.9 Å². The first kappa shape index (κ1) is 23.3. The molecule has 1 aromatic heterocycles. The van der Waals surface area contributed by atoms with Crippen LogP contribution in [0.2, 0.25) is 0 Å². The van der Waals surface area contributed by atoms with E-state index in [1.165, 1.54) is 24.3 Å². The van der Waals surface area contributed by atoms with Gasteiger partial charge in [0.05, 0.1) is 22.4 Å². The number of benzene rings is 4. The van der Waals surface area contributed by atoms with Gasteiger partial charge in [0.2, 0.25) is 0 Å². The molecule has 6 heteroatoms. The van der Waals surface area contributed by atoms with Crippen molar-refractivity contribution in [2.24, 2.45) is 0 Å². The molecule has 4 aromatic carbocycles. The lowest BCUT2D eigenvalue weighted by atomic mass is 10.0. The van der Waals surface area contributed by atoms with Gasteiger partial charge in [-0.25, -0.2) is 18.7 Å². The number of hydrogen-bond donors (Lipinski definition) is 1. The van der Waals surface area contributed by atoms with Gasteiger partial charge in [0.15, 0.2) is 0 Å². The van der Waals surface area contributed by atoms with Crippen LogP contribution in [0.1, 0.15) is 28.8 Å². The zero-order chi connectivity index (χ0) is 25.1. The molecular formula is C30H23F2N3O. The summed E-state index contributed by atoms with van der Waals surface area (Å²) in [6.07, 6.45) is 0. The Hall–Kier alpha value is -4.45. The van der Waals surface area contributed by atoms with Crippen LogP contribution in [-0.2, 0) is 0 Å². The number of fused-ring (bicyclic) bond motifs is 1. The molecule has 4 nitrogen and oxygen atoms in total. The summed E-state index contributed by atoms with van der Waals surface area (Å²) >= 11 is 0. The molecule has 0 spiro atoms. The summed E-state index contributed by atoms with van der Waals surface area (Å²) in [5, 5.41) is 2.99. The van der Waals surface area contributed by atoms with Crippen LogP contribution in [0.3, 0.4) is 0 Å². The third-order valence-corrected chi connectivity index (χ3v) is 6.10. The molecule has 0 aliphatic rings. The summed E-state index contributed by atoms with van der Waals surface area (Å²) in [4.78, 5) is 22.5. The van der Waals surface area contributed by atoms with E-state index in [2.05, 4.69) is 12.2 Å². The summed E-state index contributed by atoms with van der Waals surface area (Å²) in [5.74, 6) is -0.751. The quantitative estimate of drug-likeness (QED) is 0.292. The van der Waals surface area contributed by atoms with E-state index >= 15 is 0 Å². The second kappa shape index (κ2) is 10.0. The molecule has 5 aromatic rings. The molecule has 0 saturated heterocycles. The van der Waals surface area contributed by atoms with Gasteiger partial charge in [-0.3, -0.25) is 4.79 Å². The van der Waals surface area contributed by atoms with E-state index in [0.717, 1.165) is 5.56 Å². The lowest BCUT2D eigenvalue weighted by Crippen LogP contribution is -2.27. The topological polar surface area (TPSA) is 54.9 Å². The SMILES string of the molecule is CC(CNC(=O)c1ccc2nc(-c3ccc(F)cc3)c(-c3ccc(F)cc3)nc2c1)c1ccccc1. The molecule has 36 heavy (non-hydrogen) atoms. The van der Waals surface area contributed by atoms with Crippen LogP contribution in [0.15, 0.2) is 97.1 Å². The van der Waals surface area contributed by atoms with E-state index in [1.807, 2.05) is 30.3 Å². The zero-order valence-corrected chi connectivity index (χ0v) is 19.6. The largest absolute Gasteiger partial charge is 0.351 e. The Kier molecular flexibility index (Phi) is 6.50. The molecule has 1 N–H and O–H groups in total. The predicted molar refractivity (Wildman–Crippen MR) is 138 cm³/mol. The van der Waals surface area contributed by atoms with Crippen LogP contribution in [0.5, 0.6) is 0 Å². The minimum absolute atomic E-state index is 0.166. The van der Waals surface area contributed by atoms with Gasteiger partial charge in [-0.15, -0.1) is 0 Å². The molecule has 178 valence electrons. The van der Waals surface area contributed by atoms with Gasteiger partial charge in [-0.2, -0.15) is 0 Å². The second-order valence-electron chi connectivity index (χ2n) is 8.66. The number of nitrogens with one attached hydrogen (secondary N) is 1. The van der Waals surface area contributed by atoms with Gasteiger partial charge in [0, 0.05) is 23.2 Å². The number of amides is 1. The minimum Gasteiger partial charge on any atom is -0.351 e. The van der Waals surface area contributed by atoms with E-state index in [0.29, 0.717) is 45.7 Å². The van der Waals surface area contributed by atoms with Gasteiger partial charge in [-0.1, -0.05) is 37.3 Å². The number of aromatic nitrogens is 2. The van der Waals surface area contributed by atoms with Crippen molar-refractivity contribution in [1.82, 2.24) is 15.3 Å². The summed E-state index contributed by atoms with van der Waals surface area (Å²) in [6, 6.07) is 27.1. The molecule has 0 aliphatic heterocycles. The zero-order valence-electron chi connectivity index (χ0n) is 19.6. The lowest BCUT2D eigenvalue weighted by Gasteiger charge is -2.14. The third-order valence-electron chi connectivity index (χ3n) is 6.10. The molecule has 5 rings (SSSR count). The van der Waals surface area contributed by atoms with Gasteiger partial charge in [0.1, 0.15) is 11.6 Å². The Morgan fingerprint density at radius 1 is 0.750 bits per heavy atom. The van der Waals surface area contributed by atoms with Crippen LogP contribution >= 0.6 is 0 Å². The van der Waals surface area contributed by atoms with E-state index in [9.17, 15) is 13.6 Å². The van der Waals surface area contributed by atoms with Crippen molar-refractivity contribution < 1.29 is 13.6 Å². The summed E-state index contributed by atoms with van der Waals surface area (Å²) in [5.41, 5.74) is 5.15. The molecule has 1 heterocycles. The molecule has 0 fully saturated rings. The first-order chi connectivity index (χ1) is 17.5. The average Bonchev–Trinajstić information content (AvgIpc) is 2.92. The summed E-state index contributed by atoms with van der Waals surface area (Å²) in [6.45, 7) is 2.56. The Morgan fingerprint density at radius 2 is 1.31 bits per heavy atom. The van der Waals surface area contributed by atoms with E-state index < -0.39 is 0 Å². The number of hydrogen-bond acceptors (Lipinski definition) is 3. The van der Waals surface area contributed by atoms with Gasteiger partial charge >= 0.3 is 0 Å². The maximum atomic E-state index is 13.6. The van der Waals surface area contributed by atoms with E-state index in [4.69, 9.17) is 9.97 Å². The second-order valence-corrected chi connectivity index (χ2v) is 8.66. The first-order valence-electron chi connectivity index (χ1n) is 11.6. The highest BCUT2D eigenvalue weighted by molar-refractivity contribution is 5.98. The van der Waals surface area contributed by atoms with E-state index in [-0.39, 0.29) is 23.5 Å². The van der Waals surface area contributed by atoms with Crippen molar-refractivity contribution in [3.05, 3.63) is 120 Å². The average molecular weight is 480 g/mol. The Balaban J connectivity index is 1.49. The van der Waals surface area contributed by atoms with Crippen LogP contribution in [0.25, 0.3) is 33.5 Å². The monoisotopic (exact) mass is 479 g/mol. The van der Waals surface area contributed by atoms with Crippen molar-refractivity contribution in [3.63, 3.8) is 0 Å². The highest BCUT2D eigenvalue weighted by Gasteiger charge is 2.16. The summed E-state index contributed by atoms with van der Waals surface area (Å²) in [7, 11) is 0. The number of rotatable bonds is 6. The number of carbonyl (C=O) groups is 1.